The van der Waals surface area contributed by atoms with Crippen LogP contribution in [0, 0.1) is 19.2 Å². The Morgan fingerprint density at radius 3 is 1.82 bits per heavy atom. The molecule has 0 aliphatic heterocycles. The standard InChI is InChI=1S/C65H49N4O.Pt/c1-64(2,3)48-38-39-66-60(40-48)69-58-37-21-34-54-61(58)62-55(65(54,46-26-13-7-14-27-46)47-28-15-8-16-29-47)42-51(43-59(62)69)70-50-31-19-30-49(41-50)67-56-35-17-18-36-57(56)68(4)63-52(44-22-9-5-10-23-44)32-20-33-53(63)45-24-11-6-12-25-45;/h5-40,42,67H,4H2,1-3H3;/q-3;. The number of anilines is 4. The van der Waals surface area contributed by atoms with Gasteiger partial charge in [-0.05, 0) is 74.5 Å². The Balaban J connectivity index is 0.00000547. The molecule has 0 bridgehead atoms. The first-order chi connectivity index (χ1) is 34.3. The maximum absolute atomic E-state index is 6.99. The number of nitrogens with one attached hydrogen (secondary N) is 1. The van der Waals surface area contributed by atoms with Crippen LogP contribution < -0.4 is 15.0 Å². The number of hydrogen-bond acceptors (Lipinski definition) is 4. The molecule has 71 heavy (non-hydrogen) atoms. The Hall–Kier alpha value is -7.98. The number of pyridine rings is 1. The zero-order valence-electron chi connectivity index (χ0n) is 39.6. The van der Waals surface area contributed by atoms with Crippen LogP contribution in [-0.2, 0) is 31.9 Å². The first-order valence-corrected chi connectivity index (χ1v) is 23.8. The van der Waals surface area contributed by atoms with Crippen LogP contribution in [0.4, 0.5) is 22.7 Å². The smallest absolute Gasteiger partial charge is 0.135 e. The maximum Gasteiger partial charge on any atom is 0.135 e. The topological polar surface area (TPSA) is 42.3 Å². The molecule has 0 spiro atoms. The van der Waals surface area contributed by atoms with Gasteiger partial charge in [-0.15, -0.1) is 35.9 Å². The average molecular weight is 1100 g/mol. The predicted octanol–water partition coefficient (Wildman–Crippen LogP) is 16.6. The van der Waals surface area contributed by atoms with Gasteiger partial charge in [0.2, 0.25) is 0 Å². The molecular formula is C65H49N4OPt-3. The fraction of sp³-hybridized carbons (Fsp3) is 0.0769. The minimum absolute atomic E-state index is 0. The fourth-order valence-electron chi connectivity index (χ4n) is 10.6. The Morgan fingerprint density at radius 2 is 1.17 bits per heavy atom. The van der Waals surface area contributed by atoms with Gasteiger partial charge in [0.1, 0.15) is 5.82 Å². The van der Waals surface area contributed by atoms with E-state index in [4.69, 9.17) is 16.8 Å². The van der Waals surface area contributed by atoms with E-state index in [0.29, 0.717) is 11.5 Å². The molecule has 6 heteroatoms. The average Bonchev–Trinajstić information content (AvgIpc) is 3.90. The third-order valence-electron chi connectivity index (χ3n) is 13.8. The molecule has 0 saturated carbocycles. The van der Waals surface area contributed by atoms with Gasteiger partial charge in [-0.3, -0.25) is 7.05 Å². The summed E-state index contributed by atoms with van der Waals surface area (Å²) in [5.74, 6) is 1.97. The first kappa shape index (κ1) is 45.5. The van der Waals surface area contributed by atoms with Gasteiger partial charge < -0.3 is 19.5 Å². The van der Waals surface area contributed by atoms with E-state index in [-0.39, 0.29) is 26.5 Å². The van der Waals surface area contributed by atoms with Gasteiger partial charge >= 0.3 is 0 Å². The van der Waals surface area contributed by atoms with E-state index in [0.717, 1.165) is 72.8 Å². The quantitative estimate of drug-likeness (QED) is 0.131. The van der Waals surface area contributed by atoms with E-state index in [2.05, 4.69) is 219 Å². The molecule has 5 nitrogen and oxygen atoms in total. The fourth-order valence-corrected chi connectivity index (χ4v) is 10.6. The van der Waals surface area contributed by atoms with Gasteiger partial charge in [-0.25, -0.2) is 4.98 Å². The van der Waals surface area contributed by atoms with Crippen molar-refractivity contribution in [2.24, 2.45) is 0 Å². The SMILES string of the molecule is [CH2-]N(c1ccccc1Nc1[c-]c(Oc2[c-]c3c4c(c2)C(c2ccccc2)(c2ccccc2)c2cccc(c24)n3-c2cc(C(C)(C)C)ccn2)ccc1)c1c(-c2ccccc2)cccc1-c1ccccc1.[Pt]. The van der Waals surface area contributed by atoms with Crippen molar-refractivity contribution in [3.63, 3.8) is 0 Å². The Kier molecular flexibility index (Phi) is 11.8. The van der Waals surface area contributed by atoms with Crippen molar-refractivity contribution in [1.29, 1.82) is 0 Å². The summed E-state index contributed by atoms with van der Waals surface area (Å²) in [6, 6.07) is 84.0. The van der Waals surface area contributed by atoms with Crippen LogP contribution in [-0.4, -0.2) is 9.55 Å². The van der Waals surface area contributed by atoms with Gasteiger partial charge in [0, 0.05) is 72.2 Å². The zero-order valence-corrected chi connectivity index (χ0v) is 41.9. The molecule has 12 rings (SSSR count). The minimum Gasteiger partial charge on any atom is -0.509 e. The molecule has 0 amide bonds. The van der Waals surface area contributed by atoms with Crippen molar-refractivity contribution in [1.82, 2.24) is 9.55 Å². The summed E-state index contributed by atoms with van der Waals surface area (Å²) in [6.07, 6.45) is 1.92. The third kappa shape index (κ3) is 7.82. The number of ether oxygens (including phenoxy) is 1. The van der Waals surface area contributed by atoms with Crippen LogP contribution in [0.3, 0.4) is 0 Å². The van der Waals surface area contributed by atoms with Gasteiger partial charge in [-0.1, -0.05) is 201 Å². The van der Waals surface area contributed by atoms with Crippen molar-refractivity contribution in [2.45, 2.75) is 31.6 Å². The van der Waals surface area contributed by atoms with Crippen molar-refractivity contribution in [3.05, 3.63) is 272 Å². The van der Waals surface area contributed by atoms with Crippen LogP contribution in [0.2, 0.25) is 0 Å². The number of rotatable bonds is 11. The van der Waals surface area contributed by atoms with Gasteiger partial charge in [0.25, 0.3) is 0 Å². The number of nitrogens with zero attached hydrogens (tertiary/aromatic N) is 3. The Morgan fingerprint density at radius 1 is 0.577 bits per heavy atom. The maximum atomic E-state index is 6.99. The van der Waals surface area contributed by atoms with Crippen LogP contribution in [0.1, 0.15) is 48.6 Å². The van der Waals surface area contributed by atoms with Crippen molar-refractivity contribution in [3.8, 4) is 39.6 Å². The van der Waals surface area contributed by atoms with E-state index in [1.165, 1.54) is 27.6 Å². The first-order valence-electron chi connectivity index (χ1n) is 23.8. The second-order valence-electron chi connectivity index (χ2n) is 19.0. The molecule has 11 aromatic rings. The summed E-state index contributed by atoms with van der Waals surface area (Å²) in [6.45, 7) is 6.72. The molecule has 348 valence electrons. The third-order valence-corrected chi connectivity index (χ3v) is 13.8. The molecule has 0 unspecified atom stereocenters. The van der Waals surface area contributed by atoms with E-state index in [1.807, 2.05) is 53.6 Å². The van der Waals surface area contributed by atoms with Gasteiger partial charge in [0.15, 0.2) is 0 Å². The summed E-state index contributed by atoms with van der Waals surface area (Å²) in [5, 5.41) is 6.05. The van der Waals surface area contributed by atoms with E-state index in [9.17, 15) is 0 Å². The number of benzene rings is 9. The normalized spacial score (nSPS) is 12.5. The van der Waals surface area contributed by atoms with Crippen LogP contribution >= 0.6 is 0 Å². The number of hydrogen-bond donors (Lipinski definition) is 1. The summed E-state index contributed by atoms with van der Waals surface area (Å²) in [5.41, 5.74) is 15.1. The van der Waals surface area contributed by atoms with E-state index < -0.39 is 5.41 Å². The van der Waals surface area contributed by atoms with Crippen molar-refractivity contribution in [2.75, 3.05) is 10.2 Å². The molecule has 0 atom stereocenters. The molecule has 1 N–H and O–H groups in total. The molecule has 1 aliphatic rings. The summed E-state index contributed by atoms with van der Waals surface area (Å²) < 4.78 is 9.26. The molecular weight excluding hydrogens is 1050 g/mol. The summed E-state index contributed by atoms with van der Waals surface area (Å²) in [4.78, 5) is 7.07. The second-order valence-corrected chi connectivity index (χ2v) is 19.0. The largest absolute Gasteiger partial charge is 0.509 e. The molecule has 1 aliphatic carbocycles. The van der Waals surface area contributed by atoms with Crippen molar-refractivity contribution < 1.29 is 25.8 Å². The van der Waals surface area contributed by atoms with E-state index in [1.54, 1.807) is 0 Å². The predicted molar refractivity (Wildman–Crippen MR) is 288 cm³/mol. The number of para-hydroxylation sites is 3. The molecule has 0 radical (unpaired) electrons. The Bertz CT molecular complexity index is 3620. The number of aromatic nitrogens is 2. The molecule has 0 saturated heterocycles. The zero-order chi connectivity index (χ0) is 47.4. The molecule has 9 aromatic carbocycles. The summed E-state index contributed by atoms with van der Waals surface area (Å²) >= 11 is 0. The van der Waals surface area contributed by atoms with Crippen LogP contribution in [0.5, 0.6) is 11.5 Å². The monoisotopic (exact) mass is 1100 g/mol. The van der Waals surface area contributed by atoms with Gasteiger partial charge in [0.05, 0.1) is 5.69 Å². The Labute approximate surface area is 430 Å². The van der Waals surface area contributed by atoms with Crippen molar-refractivity contribution >= 4 is 44.6 Å². The van der Waals surface area contributed by atoms with Gasteiger partial charge in [-0.2, -0.15) is 6.07 Å². The molecule has 2 heterocycles. The second kappa shape index (κ2) is 18.4. The molecule has 2 aromatic heterocycles. The minimum atomic E-state index is -0.631. The summed E-state index contributed by atoms with van der Waals surface area (Å²) in [7, 11) is 4.73. The van der Waals surface area contributed by atoms with E-state index >= 15 is 0 Å². The molecule has 0 fully saturated rings. The van der Waals surface area contributed by atoms with Crippen LogP contribution in [0.15, 0.2) is 225 Å². The van der Waals surface area contributed by atoms with Crippen LogP contribution in [0.25, 0.3) is 49.9 Å².